The van der Waals surface area contributed by atoms with E-state index in [0.717, 1.165) is 6.42 Å². The van der Waals surface area contributed by atoms with Gasteiger partial charge in [0.05, 0.1) is 6.61 Å². The van der Waals surface area contributed by atoms with Crippen molar-refractivity contribution in [1.82, 2.24) is 4.90 Å². The number of hydrogen-bond acceptors (Lipinski definition) is 3. The Morgan fingerprint density at radius 2 is 1.94 bits per heavy atom. The van der Waals surface area contributed by atoms with Crippen LogP contribution in [0.15, 0.2) is 24.3 Å². The molecule has 1 aromatic rings. The molecule has 0 bridgehead atoms. The van der Waals surface area contributed by atoms with Crippen molar-refractivity contribution in [1.29, 1.82) is 0 Å². The molecule has 0 heterocycles. The number of rotatable bonds is 5. The maximum atomic E-state index is 12.0. The smallest absolute Gasteiger partial charge is 0.253 e. The summed E-state index contributed by atoms with van der Waals surface area (Å²) in [5.41, 5.74) is 6.80. The van der Waals surface area contributed by atoms with Gasteiger partial charge in [0, 0.05) is 24.3 Å². The third-order valence-electron chi connectivity index (χ3n) is 2.31. The molecule has 0 saturated carbocycles. The van der Waals surface area contributed by atoms with E-state index in [-0.39, 0.29) is 12.5 Å². The van der Waals surface area contributed by atoms with Gasteiger partial charge in [-0.25, -0.2) is 0 Å². The molecule has 0 saturated heterocycles. The monoisotopic (exact) mass is 222 g/mol. The molecule has 0 aliphatic carbocycles. The number of amides is 1. The molecule has 0 fully saturated rings. The van der Waals surface area contributed by atoms with Gasteiger partial charge < -0.3 is 15.7 Å². The summed E-state index contributed by atoms with van der Waals surface area (Å²) in [5.74, 6) is -0.0594. The summed E-state index contributed by atoms with van der Waals surface area (Å²) >= 11 is 0. The lowest BCUT2D eigenvalue weighted by molar-refractivity contribution is 0.0722. The van der Waals surface area contributed by atoms with Gasteiger partial charge in [0.2, 0.25) is 0 Å². The Kier molecular flexibility index (Phi) is 4.79. The van der Waals surface area contributed by atoms with Gasteiger partial charge in [-0.3, -0.25) is 4.79 Å². The normalized spacial score (nSPS) is 10.1. The van der Waals surface area contributed by atoms with E-state index in [1.54, 1.807) is 29.2 Å². The van der Waals surface area contributed by atoms with E-state index in [9.17, 15) is 4.79 Å². The van der Waals surface area contributed by atoms with Gasteiger partial charge >= 0.3 is 0 Å². The maximum absolute atomic E-state index is 12.0. The highest BCUT2D eigenvalue weighted by atomic mass is 16.3. The number of nitrogen functional groups attached to an aromatic ring is 1. The van der Waals surface area contributed by atoms with Gasteiger partial charge in [-0.2, -0.15) is 0 Å². The van der Waals surface area contributed by atoms with Crippen molar-refractivity contribution in [3.63, 3.8) is 0 Å². The van der Waals surface area contributed by atoms with Crippen molar-refractivity contribution in [3.05, 3.63) is 29.8 Å². The largest absolute Gasteiger partial charge is 0.399 e. The van der Waals surface area contributed by atoms with Crippen molar-refractivity contribution in [2.45, 2.75) is 13.3 Å². The third kappa shape index (κ3) is 3.24. The van der Waals surface area contributed by atoms with Crippen molar-refractivity contribution >= 4 is 11.6 Å². The molecule has 0 aliphatic rings. The van der Waals surface area contributed by atoms with E-state index < -0.39 is 0 Å². The molecule has 16 heavy (non-hydrogen) atoms. The lowest BCUT2D eigenvalue weighted by Crippen LogP contribution is -2.34. The highest BCUT2D eigenvalue weighted by Crippen LogP contribution is 2.09. The molecule has 1 amide bonds. The first-order chi connectivity index (χ1) is 7.69. The minimum Gasteiger partial charge on any atom is -0.399 e. The van der Waals surface area contributed by atoms with Gasteiger partial charge in [0.25, 0.3) is 5.91 Å². The van der Waals surface area contributed by atoms with E-state index in [2.05, 4.69) is 0 Å². The first-order valence-electron chi connectivity index (χ1n) is 5.44. The van der Waals surface area contributed by atoms with Crippen LogP contribution in [0.1, 0.15) is 23.7 Å². The third-order valence-corrected chi connectivity index (χ3v) is 2.31. The summed E-state index contributed by atoms with van der Waals surface area (Å²) in [4.78, 5) is 13.7. The van der Waals surface area contributed by atoms with Crippen LogP contribution in [0.3, 0.4) is 0 Å². The predicted molar refractivity (Wildman–Crippen MR) is 64.1 cm³/mol. The minimum absolute atomic E-state index is 0.0132. The Morgan fingerprint density at radius 1 is 1.31 bits per heavy atom. The van der Waals surface area contributed by atoms with E-state index in [0.29, 0.717) is 24.3 Å². The SMILES string of the molecule is CCCN(CCO)C(=O)c1ccc(N)cc1. The second-order valence-corrected chi connectivity index (χ2v) is 3.64. The number of carbonyl (C=O) groups is 1. The van der Waals surface area contributed by atoms with Gasteiger partial charge in [-0.05, 0) is 30.7 Å². The number of hydrogen-bond donors (Lipinski definition) is 2. The van der Waals surface area contributed by atoms with E-state index in [1.165, 1.54) is 0 Å². The summed E-state index contributed by atoms with van der Waals surface area (Å²) in [7, 11) is 0. The van der Waals surface area contributed by atoms with Gasteiger partial charge in [-0.15, -0.1) is 0 Å². The molecule has 4 nitrogen and oxygen atoms in total. The molecule has 3 N–H and O–H groups in total. The first-order valence-corrected chi connectivity index (χ1v) is 5.44. The number of nitrogens with zero attached hydrogens (tertiary/aromatic N) is 1. The van der Waals surface area contributed by atoms with Crippen LogP contribution in [0.2, 0.25) is 0 Å². The molecule has 0 atom stereocenters. The van der Waals surface area contributed by atoms with Crippen LogP contribution in [0, 0.1) is 0 Å². The fourth-order valence-electron chi connectivity index (χ4n) is 1.51. The summed E-state index contributed by atoms with van der Waals surface area (Å²) in [6, 6.07) is 6.82. The highest BCUT2D eigenvalue weighted by Gasteiger charge is 2.13. The molecule has 0 unspecified atom stereocenters. The maximum Gasteiger partial charge on any atom is 0.253 e. The molecule has 88 valence electrons. The Morgan fingerprint density at radius 3 is 2.44 bits per heavy atom. The van der Waals surface area contributed by atoms with Crippen molar-refractivity contribution in [3.8, 4) is 0 Å². The van der Waals surface area contributed by atoms with Crippen LogP contribution in [-0.4, -0.2) is 35.6 Å². The lowest BCUT2D eigenvalue weighted by Gasteiger charge is -2.21. The van der Waals surface area contributed by atoms with Crippen molar-refractivity contribution in [2.75, 3.05) is 25.4 Å². The van der Waals surface area contributed by atoms with Crippen LogP contribution in [0.25, 0.3) is 0 Å². The fraction of sp³-hybridized carbons (Fsp3) is 0.417. The zero-order valence-corrected chi connectivity index (χ0v) is 9.52. The molecule has 0 radical (unpaired) electrons. The van der Waals surface area contributed by atoms with E-state index in [4.69, 9.17) is 10.8 Å². The molecule has 1 rings (SSSR count). The zero-order valence-electron chi connectivity index (χ0n) is 9.52. The van der Waals surface area contributed by atoms with Crippen LogP contribution in [-0.2, 0) is 0 Å². The summed E-state index contributed by atoms with van der Waals surface area (Å²) in [5, 5.41) is 8.89. The van der Waals surface area contributed by atoms with Gasteiger partial charge in [-0.1, -0.05) is 6.92 Å². The van der Waals surface area contributed by atoms with Crippen molar-refractivity contribution < 1.29 is 9.90 Å². The topological polar surface area (TPSA) is 66.6 Å². The second-order valence-electron chi connectivity index (χ2n) is 3.64. The molecule has 0 aliphatic heterocycles. The number of carbonyl (C=O) groups excluding carboxylic acids is 1. The Hall–Kier alpha value is -1.55. The van der Waals surface area contributed by atoms with Crippen LogP contribution < -0.4 is 5.73 Å². The summed E-state index contributed by atoms with van der Waals surface area (Å²) in [6.07, 6.45) is 0.876. The molecule has 1 aromatic carbocycles. The fourth-order valence-corrected chi connectivity index (χ4v) is 1.51. The molecular formula is C12H18N2O2. The molecule has 0 aromatic heterocycles. The first kappa shape index (κ1) is 12.5. The van der Waals surface area contributed by atoms with Gasteiger partial charge in [0.15, 0.2) is 0 Å². The van der Waals surface area contributed by atoms with E-state index in [1.807, 2.05) is 6.92 Å². The Bertz CT molecular complexity index is 329. The minimum atomic E-state index is -0.0594. The second kappa shape index (κ2) is 6.12. The van der Waals surface area contributed by atoms with Crippen LogP contribution in [0.5, 0.6) is 0 Å². The number of nitrogens with two attached hydrogens (primary N) is 1. The zero-order chi connectivity index (χ0) is 12.0. The number of aliphatic hydroxyl groups excluding tert-OH is 1. The van der Waals surface area contributed by atoms with E-state index >= 15 is 0 Å². The predicted octanol–water partition coefficient (Wildman–Crippen LogP) is 1.11. The number of anilines is 1. The van der Waals surface area contributed by atoms with Crippen LogP contribution in [0.4, 0.5) is 5.69 Å². The van der Waals surface area contributed by atoms with Crippen molar-refractivity contribution in [2.24, 2.45) is 0 Å². The van der Waals surface area contributed by atoms with Gasteiger partial charge in [0.1, 0.15) is 0 Å². The standard InChI is InChI=1S/C12H18N2O2/c1-2-7-14(8-9-15)12(16)10-3-5-11(13)6-4-10/h3-6,15H,2,7-9,13H2,1H3. The number of aliphatic hydroxyl groups is 1. The molecule has 4 heteroatoms. The summed E-state index contributed by atoms with van der Waals surface area (Å²) < 4.78 is 0. The molecular weight excluding hydrogens is 204 g/mol. The Balaban J connectivity index is 2.77. The average molecular weight is 222 g/mol. The Labute approximate surface area is 95.7 Å². The average Bonchev–Trinajstić information content (AvgIpc) is 2.29. The number of benzene rings is 1. The summed E-state index contributed by atoms with van der Waals surface area (Å²) in [6.45, 7) is 3.02. The quantitative estimate of drug-likeness (QED) is 0.733. The lowest BCUT2D eigenvalue weighted by atomic mass is 10.2. The van der Waals surface area contributed by atoms with Crippen LogP contribution >= 0.6 is 0 Å². The molecule has 0 spiro atoms. The highest BCUT2D eigenvalue weighted by molar-refractivity contribution is 5.94.